The molecule has 0 aliphatic heterocycles. The summed E-state index contributed by atoms with van der Waals surface area (Å²) in [6.45, 7) is 4.15. The Morgan fingerprint density at radius 3 is 2.68 bits per heavy atom. The van der Waals surface area contributed by atoms with Crippen molar-refractivity contribution in [2.45, 2.75) is 26.5 Å². The predicted octanol–water partition coefficient (Wildman–Crippen LogP) is 2.14. The third-order valence-corrected chi connectivity index (χ3v) is 3.63. The SMILES string of the molecule is Cc1cc(C)cc([C@H](O)Cn2cnc3cnccc3c2=O)c1. The van der Waals surface area contributed by atoms with Gasteiger partial charge in [-0.2, -0.15) is 0 Å². The molecule has 5 heteroatoms. The van der Waals surface area contributed by atoms with Crippen LogP contribution >= 0.6 is 0 Å². The van der Waals surface area contributed by atoms with E-state index in [1.54, 1.807) is 18.5 Å². The van der Waals surface area contributed by atoms with Crippen LogP contribution in [0.4, 0.5) is 0 Å². The molecule has 0 spiro atoms. The molecule has 0 bridgehead atoms. The first-order valence-corrected chi connectivity index (χ1v) is 7.10. The fraction of sp³-hybridized carbons (Fsp3) is 0.235. The maximum Gasteiger partial charge on any atom is 0.261 e. The number of aromatic nitrogens is 3. The Hall–Kier alpha value is -2.53. The third kappa shape index (κ3) is 2.76. The van der Waals surface area contributed by atoms with Crippen molar-refractivity contribution in [3.05, 3.63) is 70.0 Å². The zero-order valence-corrected chi connectivity index (χ0v) is 12.5. The Morgan fingerprint density at radius 1 is 1.23 bits per heavy atom. The van der Waals surface area contributed by atoms with Gasteiger partial charge < -0.3 is 5.11 Å². The molecule has 5 nitrogen and oxygen atoms in total. The van der Waals surface area contributed by atoms with Crippen LogP contribution in [0.15, 0.2) is 47.8 Å². The molecular formula is C17H17N3O2. The molecule has 0 aliphatic rings. The minimum atomic E-state index is -0.752. The molecule has 3 rings (SSSR count). The summed E-state index contributed by atoms with van der Waals surface area (Å²) in [6.07, 6.45) is 3.83. The van der Waals surface area contributed by atoms with Crippen LogP contribution in [0.1, 0.15) is 22.8 Å². The van der Waals surface area contributed by atoms with Crippen LogP contribution in [0.2, 0.25) is 0 Å². The number of aryl methyl sites for hydroxylation is 2. The first-order valence-electron chi connectivity index (χ1n) is 7.10. The van der Waals surface area contributed by atoms with Gasteiger partial charge in [0.15, 0.2) is 0 Å². The molecular weight excluding hydrogens is 278 g/mol. The summed E-state index contributed by atoms with van der Waals surface area (Å²) in [5.41, 5.74) is 3.37. The van der Waals surface area contributed by atoms with E-state index >= 15 is 0 Å². The number of aliphatic hydroxyl groups is 1. The van der Waals surface area contributed by atoms with Crippen molar-refractivity contribution in [2.24, 2.45) is 0 Å². The number of rotatable bonds is 3. The Kier molecular flexibility index (Phi) is 3.73. The van der Waals surface area contributed by atoms with Gasteiger partial charge >= 0.3 is 0 Å². The molecule has 1 N–H and O–H groups in total. The molecule has 1 atom stereocenters. The predicted molar refractivity (Wildman–Crippen MR) is 84.7 cm³/mol. The number of benzene rings is 1. The van der Waals surface area contributed by atoms with Crippen LogP contribution in [0.3, 0.4) is 0 Å². The van der Waals surface area contributed by atoms with E-state index in [0.717, 1.165) is 16.7 Å². The minimum Gasteiger partial charge on any atom is -0.387 e. The van der Waals surface area contributed by atoms with Crippen molar-refractivity contribution in [3.8, 4) is 0 Å². The maximum atomic E-state index is 12.4. The molecule has 112 valence electrons. The van der Waals surface area contributed by atoms with Crippen molar-refractivity contribution in [3.63, 3.8) is 0 Å². The fourth-order valence-corrected chi connectivity index (χ4v) is 2.63. The van der Waals surface area contributed by atoms with Gasteiger partial charge in [-0.15, -0.1) is 0 Å². The number of fused-ring (bicyclic) bond motifs is 1. The maximum absolute atomic E-state index is 12.4. The van der Waals surface area contributed by atoms with Crippen molar-refractivity contribution < 1.29 is 5.11 Å². The van der Waals surface area contributed by atoms with E-state index in [1.165, 1.54) is 10.9 Å². The molecule has 0 amide bonds. The summed E-state index contributed by atoms with van der Waals surface area (Å²) < 4.78 is 1.44. The van der Waals surface area contributed by atoms with E-state index in [4.69, 9.17) is 0 Å². The molecule has 0 unspecified atom stereocenters. The van der Waals surface area contributed by atoms with Crippen LogP contribution in [0.25, 0.3) is 10.9 Å². The first kappa shape index (κ1) is 14.4. The highest BCUT2D eigenvalue weighted by molar-refractivity contribution is 5.75. The quantitative estimate of drug-likeness (QED) is 0.804. The lowest BCUT2D eigenvalue weighted by Gasteiger charge is -2.14. The van der Waals surface area contributed by atoms with E-state index in [9.17, 15) is 9.90 Å². The van der Waals surface area contributed by atoms with Crippen molar-refractivity contribution in [1.82, 2.24) is 14.5 Å². The van der Waals surface area contributed by atoms with Gasteiger partial charge in [0, 0.05) is 6.20 Å². The number of nitrogens with zero attached hydrogens (tertiary/aromatic N) is 3. The molecule has 22 heavy (non-hydrogen) atoms. The standard InChI is InChI=1S/C17H17N3O2/c1-11-5-12(2)7-13(6-11)16(21)9-20-10-19-15-8-18-4-3-14(15)17(20)22/h3-8,10,16,21H,9H2,1-2H3/t16-/m1/s1. The van der Waals surface area contributed by atoms with Crippen molar-refractivity contribution >= 4 is 10.9 Å². The Morgan fingerprint density at radius 2 is 1.95 bits per heavy atom. The van der Waals surface area contributed by atoms with Gasteiger partial charge in [-0.1, -0.05) is 29.3 Å². The second-order valence-electron chi connectivity index (χ2n) is 5.53. The minimum absolute atomic E-state index is 0.171. The summed E-state index contributed by atoms with van der Waals surface area (Å²) in [6, 6.07) is 7.56. The van der Waals surface area contributed by atoms with Gasteiger partial charge in [0.2, 0.25) is 0 Å². The first-order chi connectivity index (χ1) is 10.5. The number of hydrogen-bond acceptors (Lipinski definition) is 4. The third-order valence-electron chi connectivity index (χ3n) is 3.63. The Bertz CT molecular complexity index is 866. The highest BCUT2D eigenvalue weighted by Gasteiger charge is 2.12. The van der Waals surface area contributed by atoms with E-state index in [-0.39, 0.29) is 12.1 Å². The van der Waals surface area contributed by atoms with E-state index in [2.05, 4.69) is 9.97 Å². The molecule has 2 heterocycles. The van der Waals surface area contributed by atoms with E-state index < -0.39 is 6.10 Å². The molecule has 0 fully saturated rings. The summed E-state index contributed by atoms with van der Waals surface area (Å²) in [7, 11) is 0. The van der Waals surface area contributed by atoms with Gasteiger partial charge in [-0.05, 0) is 25.5 Å². The molecule has 0 radical (unpaired) electrons. The van der Waals surface area contributed by atoms with E-state index in [0.29, 0.717) is 10.9 Å². The topological polar surface area (TPSA) is 68.0 Å². The zero-order valence-electron chi connectivity index (χ0n) is 12.5. The molecule has 1 aromatic carbocycles. The number of aliphatic hydroxyl groups excluding tert-OH is 1. The second-order valence-corrected chi connectivity index (χ2v) is 5.53. The normalized spacial score (nSPS) is 12.5. The van der Waals surface area contributed by atoms with Crippen LogP contribution in [0, 0.1) is 13.8 Å². The summed E-state index contributed by atoms with van der Waals surface area (Å²) in [5, 5.41) is 10.9. The van der Waals surface area contributed by atoms with Crippen LogP contribution in [-0.4, -0.2) is 19.6 Å². The molecule has 0 aliphatic carbocycles. The van der Waals surface area contributed by atoms with Crippen molar-refractivity contribution in [1.29, 1.82) is 0 Å². The molecule has 0 saturated heterocycles. The fourth-order valence-electron chi connectivity index (χ4n) is 2.63. The van der Waals surface area contributed by atoms with Crippen molar-refractivity contribution in [2.75, 3.05) is 0 Å². The summed E-state index contributed by atoms with van der Waals surface area (Å²) in [5.74, 6) is 0. The van der Waals surface area contributed by atoms with Gasteiger partial charge in [0.1, 0.15) is 0 Å². The molecule has 0 saturated carbocycles. The van der Waals surface area contributed by atoms with Crippen LogP contribution < -0.4 is 5.56 Å². The largest absolute Gasteiger partial charge is 0.387 e. The summed E-state index contributed by atoms with van der Waals surface area (Å²) in [4.78, 5) is 20.6. The number of hydrogen-bond donors (Lipinski definition) is 1. The van der Waals surface area contributed by atoms with Crippen LogP contribution in [0.5, 0.6) is 0 Å². The highest BCUT2D eigenvalue weighted by atomic mass is 16.3. The zero-order chi connectivity index (χ0) is 15.7. The lowest BCUT2D eigenvalue weighted by Crippen LogP contribution is -2.23. The second kappa shape index (κ2) is 5.69. The molecule has 2 aromatic heterocycles. The summed E-state index contributed by atoms with van der Waals surface area (Å²) >= 11 is 0. The Labute approximate surface area is 127 Å². The van der Waals surface area contributed by atoms with Gasteiger partial charge in [-0.3, -0.25) is 14.3 Å². The van der Waals surface area contributed by atoms with Crippen LogP contribution in [-0.2, 0) is 6.54 Å². The average Bonchev–Trinajstić information content (AvgIpc) is 2.49. The average molecular weight is 295 g/mol. The lowest BCUT2D eigenvalue weighted by molar-refractivity contribution is 0.154. The van der Waals surface area contributed by atoms with Gasteiger partial charge in [-0.25, -0.2) is 4.98 Å². The smallest absolute Gasteiger partial charge is 0.261 e. The lowest BCUT2D eigenvalue weighted by atomic mass is 10.0. The van der Waals surface area contributed by atoms with Gasteiger partial charge in [0.25, 0.3) is 5.56 Å². The van der Waals surface area contributed by atoms with Gasteiger partial charge in [0.05, 0.1) is 36.1 Å². The monoisotopic (exact) mass is 295 g/mol. The highest BCUT2D eigenvalue weighted by Crippen LogP contribution is 2.18. The molecule has 3 aromatic rings. The Balaban J connectivity index is 1.95. The number of pyridine rings is 1. The van der Waals surface area contributed by atoms with E-state index in [1.807, 2.05) is 32.0 Å².